The second-order valence-electron chi connectivity index (χ2n) is 4.66. The van der Waals surface area contributed by atoms with Crippen molar-refractivity contribution in [3.05, 3.63) is 57.8 Å². The number of nitrogens with one attached hydrogen (secondary N) is 1. The number of carbonyl (C=O) groups excluding carboxylic acids is 1. The van der Waals surface area contributed by atoms with Crippen molar-refractivity contribution < 1.29 is 9.90 Å². The normalized spacial score (nSPS) is 15.0. The highest BCUT2D eigenvalue weighted by Gasteiger charge is 2.24. The number of nitrogens with zero attached hydrogens (tertiary/aromatic N) is 2. The van der Waals surface area contributed by atoms with Crippen LogP contribution in [-0.4, -0.2) is 21.7 Å². The number of hydrazone groups is 1. The number of fused-ring (bicyclic) bond motifs is 1. The first-order valence-corrected chi connectivity index (χ1v) is 7.24. The van der Waals surface area contributed by atoms with Gasteiger partial charge in [0.05, 0.1) is 11.3 Å². The molecule has 106 valence electrons. The van der Waals surface area contributed by atoms with Crippen LogP contribution in [0.4, 0.5) is 0 Å². The molecule has 1 heterocycles. The molecule has 0 atom stereocenters. The quantitative estimate of drug-likeness (QED) is 0.821. The molecule has 0 saturated heterocycles. The molecule has 0 saturated carbocycles. The molecule has 6 heteroatoms. The fourth-order valence-corrected chi connectivity index (χ4v) is 2.87. The third kappa shape index (κ3) is 2.67. The molecule has 1 aromatic carbocycles. The summed E-state index contributed by atoms with van der Waals surface area (Å²) in [6, 6.07) is 6.78. The zero-order chi connectivity index (χ0) is 14.8. The molecule has 2 aromatic rings. The van der Waals surface area contributed by atoms with Crippen molar-refractivity contribution in [2.45, 2.75) is 12.8 Å². The number of phenolic OH excluding ortho intramolecular Hbond substituents is 1. The number of rotatable bonds is 2. The van der Waals surface area contributed by atoms with Gasteiger partial charge in [0.25, 0.3) is 5.91 Å². The minimum absolute atomic E-state index is 0.181. The third-order valence-electron chi connectivity index (χ3n) is 3.35. The summed E-state index contributed by atoms with van der Waals surface area (Å²) in [5, 5.41) is 14.1. The number of phenols is 1. The molecule has 0 spiro atoms. The molecule has 0 fully saturated rings. The lowest BCUT2D eigenvalue weighted by atomic mass is 10.1. The van der Waals surface area contributed by atoms with E-state index in [0.29, 0.717) is 23.3 Å². The van der Waals surface area contributed by atoms with Crippen molar-refractivity contribution in [2.24, 2.45) is 5.10 Å². The monoisotopic (exact) mass is 345 g/mol. The van der Waals surface area contributed by atoms with Gasteiger partial charge in [-0.2, -0.15) is 5.10 Å². The standard InChI is InChI=1S/C15H12BrN3O2/c16-11-4-6-13(20)14-10(11)3-5-12(14)18-19-15(21)9-2-1-7-17-8-9/h1-2,4,6-8,20H,3,5H2,(H,19,21)/b18-12+. The van der Waals surface area contributed by atoms with Crippen LogP contribution < -0.4 is 5.43 Å². The summed E-state index contributed by atoms with van der Waals surface area (Å²) in [5.41, 5.74) is 5.36. The number of aromatic nitrogens is 1. The fraction of sp³-hybridized carbons (Fsp3) is 0.133. The zero-order valence-electron chi connectivity index (χ0n) is 11.0. The van der Waals surface area contributed by atoms with Crippen LogP contribution in [0.5, 0.6) is 5.75 Å². The first-order chi connectivity index (χ1) is 10.2. The minimum atomic E-state index is -0.321. The highest BCUT2D eigenvalue weighted by molar-refractivity contribution is 9.10. The van der Waals surface area contributed by atoms with E-state index in [2.05, 4.69) is 31.4 Å². The summed E-state index contributed by atoms with van der Waals surface area (Å²) in [6.07, 6.45) is 4.54. The second-order valence-corrected chi connectivity index (χ2v) is 5.52. The van der Waals surface area contributed by atoms with Crippen LogP contribution in [0.3, 0.4) is 0 Å². The van der Waals surface area contributed by atoms with Gasteiger partial charge in [0.15, 0.2) is 0 Å². The summed E-state index contributed by atoms with van der Waals surface area (Å²) in [6.45, 7) is 0. The van der Waals surface area contributed by atoms with Crippen LogP contribution in [0, 0.1) is 0 Å². The summed E-state index contributed by atoms with van der Waals surface area (Å²) in [5.74, 6) is -0.140. The zero-order valence-corrected chi connectivity index (χ0v) is 12.6. The van der Waals surface area contributed by atoms with Gasteiger partial charge in [0.2, 0.25) is 0 Å². The largest absolute Gasteiger partial charge is 0.507 e. The van der Waals surface area contributed by atoms with Crippen LogP contribution in [0.2, 0.25) is 0 Å². The predicted molar refractivity (Wildman–Crippen MR) is 82.4 cm³/mol. The molecule has 1 aliphatic carbocycles. The van der Waals surface area contributed by atoms with Crippen LogP contribution >= 0.6 is 15.9 Å². The Hall–Kier alpha value is -2.21. The molecule has 0 bridgehead atoms. The number of carbonyl (C=O) groups is 1. The maximum Gasteiger partial charge on any atom is 0.272 e. The summed E-state index contributed by atoms with van der Waals surface area (Å²) < 4.78 is 0.944. The second kappa shape index (κ2) is 5.65. The summed E-state index contributed by atoms with van der Waals surface area (Å²) >= 11 is 3.46. The van der Waals surface area contributed by atoms with Crippen molar-refractivity contribution >= 4 is 27.5 Å². The summed E-state index contributed by atoms with van der Waals surface area (Å²) in [4.78, 5) is 15.8. The van der Waals surface area contributed by atoms with Crippen molar-refractivity contribution in [3.63, 3.8) is 0 Å². The van der Waals surface area contributed by atoms with Crippen LogP contribution in [-0.2, 0) is 6.42 Å². The van der Waals surface area contributed by atoms with Gasteiger partial charge >= 0.3 is 0 Å². The number of benzene rings is 1. The highest BCUT2D eigenvalue weighted by atomic mass is 79.9. The van der Waals surface area contributed by atoms with Gasteiger partial charge in [-0.25, -0.2) is 5.43 Å². The molecule has 0 aliphatic heterocycles. The number of hydrogen-bond donors (Lipinski definition) is 2. The smallest absolute Gasteiger partial charge is 0.272 e. The van der Waals surface area contributed by atoms with Gasteiger partial charge in [0.1, 0.15) is 5.75 Å². The SMILES string of the molecule is O=C(N/N=C1\CCc2c(Br)ccc(O)c21)c1cccnc1. The Kier molecular flexibility index (Phi) is 3.70. The topological polar surface area (TPSA) is 74.6 Å². The molecular weight excluding hydrogens is 334 g/mol. The van der Waals surface area contributed by atoms with Gasteiger partial charge in [0, 0.05) is 22.4 Å². The average molecular weight is 346 g/mol. The first-order valence-electron chi connectivity index (χ1n) is 6.44. The van der Waals surface area contributed by atoms with Crippen LogP contribution in [0.1, 0.15) is 27.9 Å². The van der Waals surface area contributed by atoms with Gasteiger partial charge < -0.3 is 5.11 Å². The molecule has 0 radical (unpaired) electrons. The molecular formula is C15H12BrN3O2. The van der Waals surface area contributed by atoms with Crippen LogP contribution in [0.25, 0.3) is 0 Å². The van der Waals surface area contributed by atoms with E-state index >= 15 is 0 Å². The fourth-order valence-electron chi connectivity index (χ4n) is 2.34. The summed E-state index contributed by atoms with van der Waals surface area (Å²) in [7, 11) is 0. The molecule has 0 unspecified atom stereocenters. The van der Waals surface area contributed by atoms with E-state index < -0.39 is 0 Å². The minimum Gasteiger partial charge on any atom is -0.507 e. The molecule has 1 aromatic heterocycles. The van der Waals surface area contributed by atoms with Crippen LogP contribution in [0.15, 0.2) is 46.2 Å². The van der Waals surface area contributed by atoms with E-state index in [-0.39, 0.29) is 11.7 Å². The maximum atomic E-state index is 11.9. The number of pyridine rings is 1. The van der Waals surface area contributed by atoms with E-state index in [1.807, 2.05) is 6.07 Å². The number of hydrogen-bond acceptors (Lipinski definition) is 4. The Morgan fingerprint density at radius 3 is 2.95 bits per heavy atom. The third-order valence-corrected chi connectivity index (χ3v) is 4.09. The van der Waals surface area contributed by atoms with Crippen molar-refractivity contribution in [2.75, 3.05) is 0 Å². The van der Waals surface area contributed by atoms with Crippen molar-refractivity contribution in [3.8, 4) is 5.75 Å². The number of aromatic hydroxyl groups is 1. The van der Waals surface area contributed by atoms with Gasteiger partial charge in [-0.05, 0) is 42.7 Å². The number of amides is 1. The maximum absolute atomic E-state index is 11.9. The predicted octanol–water partition coefficient (Wildman–Crippen LogP) is 2.63. The van der Waals surface area contributed by atoms with Gasteiger partial charge in [-0.15, -0.1) is 0 Å². The highest BCUT2D eigenvalue weighted by Crippen LogP contribution is 2.35. The van der Waals surface area contributed by atoms with E-state index in [9.17, 15) is 9.90 Å². The average Bonchev–Trinajstić information content (AvgIpc) is 2.95. The molecule has 21 heavy (non-hydrogen) atoms. The Morgan fingerprint density at radius 2 is 2.19 bits per heavy atom. The molecule has 3 rings (SSSR count). The molecule has 2 N–H and O–H groups in total. The van der Waals surface area contributed by atoms with Gasteiger partial charge in [-0.1, -0.05) is 15.9 Å². The first kappa shape index (κ1) is 13.8. The van der Waals surface area contributed by atoms with E-state index in [4.69, 9.17) is 0 Å². The van der Waals surface area contributed by atoms with Crippen molar-refractivity contribution in [1.82, 2.24) is 10.4 Å². The van der Waals surface area contributed by atoms with E-state index in [1.165, 1.54) is 6.20 Å². The van der Waals surface area contributed by atoms with E-state index in [1.54, 1.807) is 24.4 Å². The lowest BCUT2D eigenvalue weighted by molar-refractivity contribution is 0.0954. The Bertz CT molecular complexity index is 729. The Morgan fingerprint density at radius 1 is 1.33 bits per heavy atom. The molecule has 1 aliphatic rings. The number of halogens is 1. The lowest BCUT2D eigenvalue weighted by Gasteiger charge is -2.06. The van der Waals surface area contributed by atoms with E-state index in [0.717, 1.165) is 16.5 Å². The lowest BCUT2D eigenvalue weighted by Crippen LogP contribution is -2.19. The molecule has 5 nitrogen and oxygen atoms in total. The van der Waals surface area contributed by atoms with Gasteiger partial charge in [-0.3, -0.25) is 9.78 Å². The Labute approximate surface area is 129 Å². The molecule has 1 amide bonds. The van der Waals surface area contributed by atoms with Crippen molar-refractivity contribution in [1.29, 1.82) is 0 Å². The Balaban J connectivity index is 1.85.